The molecule has 20 N–H and O–H groups in total. The van der Waals surface area contributed by atoms with Gasteiger partial charge in [0.25, 0.3) is 0 Å². The van der Waals surface area contributed by atoms with Crippen LogP contribution in [0.3, 0.4) is 0 Å². The molecular weight excluding hydrogens is 1080 g/mol. The van der Waals surface area contributed by atoms with Gasteiger partial charge in [0.05, 0.1) is 51.7 Å². The van der Waals surface area contributed by atoms with Crippen LogP contribution in [0.1, 0.15) is 27.7 Å². The summed E-state index contributed by atoms with van der Waals surface area (Å²) in [7, 11) is 0. The number of amides is 4. The molecule has 456 valence electrons. The Morgan fingerprint density at radius 3 is 1.19 bits per heavy atom. The van der Waals surface area contributed by atoms with Gasteiger partial charge in [-0.2, -0.15) is 0 Å². The van der Waals surface area contributed by atoms with Crippen LogP contribution >= 0.6 is 0 Å². The Kier molecular flexibility index (Phi) is 23.3. The average molecular weight is 1160 g/mol. The van der Waals surface area contributed by atoms with Gasteiger partial charge in [-0.15, -0.1) is 0 Å². The number of rotatable bonds is 20. The molecule has 0 aromatic rings. The lowest BCUT2D eigenvalue weighted by atomic mass is 9.91. The van der Waals surface area contributed by atoms with Crippen molar-refractivity contribution in [2.24, 2.45) is 0 Å². The predicted molar refractivity (Wildman–Crippen MR) is 246 cm³/mol. The van der Waals surface area contributed by atoms with Crippen molar-refractivity contribution in [3.63, 3.8) is 0 Å². The van der Waals surface area contributed by atoms with E-state index < -0.39 is 247 Å². The Morgan fingerprint density at radius 1 is 0.329 bits per heavy atom. The molecule has 0 aromatic carbocycles. The highest BCUT2D eigenvalue weighted by molar-refractivity contribution is 5.76. The molecule has 0 radical (unpaired) electrons. The van der Waals surface area contributed by atoms with Crippen molar-refractivity contribution in [1.82, 2.24) is 21.3 Å². The molecule has 0 bridgehead atoms. The van der Waals surface area contributed by atoms with E-state index in [0.29, 0.717) is 0 Å². The first-order chi connectivity index (χ1) is 37.3. The van der Waals surface area contributed by atoms with Crippen molar-refractivity contribution in [3.05, 3.63) is 0 Å². The third-order valence-electron chi connectivity index (χ3n) is 14.0. The van der Waals surface area contributed by atoms with Crippen LogP contribution in [0, 0.1) is 0 Å². The standard InChI is InChI=1S/C44H74N4O31/c1-11(54)45-21-23(47-13(3)56)39(68)70-18(8-52)35(21)76-40-24(48-14(4)57)22(46-12(2)55)36(19(9-53)74-40)77-43-34(67)37(28(61)20(75-43)10-69-41-32(65)29(62)25(58)15(5-49)71-41)78-44-38(31(64)27(60)17(7-51)73-44)79-42-33(66)30(63)26(59)16(6-50)72-42/h15-44,49-53,58-68H,5-10H2,1-4H3,(H,45,54)(H,46,55)(H,47,56)(H,48,57)/t15-,16-,17-,18-,19-,20-,21-,22-,23-,24-,25-,26-,27-,28-,29+,30+,31+,32+,33+,34+,35-,36-,37+,38+,39-,40+,41+,42-,43-,44-/m1/s1. The van der Waals surface area contributed by atoms with E-state index in [4.69, 9.17) is 52.1 Å². The van der Waals surface area contributed by atoms with Crippen molar-refractivity contribution >= 4 is 23.6 Å². The van der Waals surface area contributed by atoms with Crippen LogP contribution in [0.15, 0.2) is 0 Å². The fraction of sp³-hybridized carbons (Fsp3) is 0.909. The van der Waals surface area contributed by atoms with Crippen LogP contribution in [0.5, 0.6) is 0 Å². The highest BCUT2D eigenvalue weighted by Crippen LogP contribution is 2.37. The number of aliphatic hydroxyl groups excluding tert-OH is 16. The van der Waals surface area contributed by atoms with E-state index in [9.17, 15) is 101 Å². The molecule has 0 aliphatic carbocycles. The quantitative estimate of drug-likeness (QED) is 0.0538. The molecule has 6 aliphatic heterocycles. The predicted octanol–water partition coefficient (Wildman–Crippen LogP) is -13.5. The number of ether oxygens (including phenoxy) is 11. The van der Waals surface area contributed by atoms with Gasteiger partial charge < -0.3 is 155 Å². The Labute approximate surface area is 448 Å². The lowest BCUT2D eigenvalue weighted by Gasteiger charge is -2.52. The maximum atomic E-state index is 13.1. The highest BCUT2D eigenvalue weighted by Gasteiger charge is 2.58. The summed E-state index contributed by atoms with van der Waals surface area (Å²) in [4.78, 5) is 50.9. The summed E-state index contributed by atoms with van der Waals surface area (Å²) in [6.45, 7) is -1.52. The van der Waals surface area contributed by atoms with Crippen molar-refractivity contribution in [3.8, 4) is 0 Å². The van der Waals surface area contributed by atoms with E-state index in [1.807, 2.05) is 0 Å². The van der Waals surface area contributed by atoms with Crippen molar-refractivity contribution < 1.29 is 153 Å². The lowest BCUT2D eigenvalue weighted by molar-refractivity contribution is -0.395. The molecule has 6 aliphatic rings. The Hall–Kier alpha value is -3.20. The second-order valence-corrected chi connectivity index (χ2v) is 19.7. The Morgan fingerprint density at radius 2 is 0.684 bits per heavy atom. The van der Waals surface area contributed by atoms with Crippen LogP contribution in [0.2, 0.25) is 0 Å². The Balaban J connectivity index is 1.38. The summed E-state index contributed by atoms with van der Waals surface area (Å²) >= 11 is 0. The summed E-state index contributed by atoms with van der Waals surface area (Å²) in [5, 5.41) is 182. The zero-order valence-electron chi connectivity index (χ0n) is 42.8. The van der Waals surface area contributed by atoms with Gasteiger partial charge in [-0.25, -0.2) is 0 Å². The molecule has 0 saturated carbocycles. The van der Waals surface area contributed by atoms with E-state index in [2.05, 4.69) is 21.3 Å². The molecule has 0 spiro atoms. The van der Waals surface area contributed by atoms with Gasteiger partial charge in [0.1, 0.15) is 134 Å². The molecular formula is C44H74N4O31. The number of aliphatic hydroxyl groups is 16. The monoisotopic (exact) mass is 1150 g/mol. The van der Waals surface area contributed by atoms with Crippen LogP contribution in [-0.2, 0) is 71.3 Å². The fourth-order valence-corrected chi connectivity index (χ4v) is 10.1. The molecule has 30 atom stereocenters. The van der Waals surface area contributed by atoms with E-state index in [0.717, 1.165) is 27.7 Å². The minimum atomic E-state index is -2.35. The van der Waals surface area contributed by atoms with Gasteiger partial charge >= 0.3 is 0 Å². The van der Waals surface area contributed by atoms with E-state index in [-0.39, 0.29) is 0 Å². The second kappa shape index (κ2) is 28.4. The van der Waals surface area contributed by atoms with Gasteiger partial charge in [0.2, 0.25) is 23.6 Å². The molecule has 6 saturated heterocycles. The van der Waals surface area contributed by atoms with E-state index in [1.54, 1.807) is 0 Å². The van der Waals surface area contributed by atoms with Crippen LogP contribution in [0.25, 0.3) is 0 Å². The molecule has 79 heavy (non-hydrogen) atoms. The Bertz CT molecular complexity index is 1990. The minimum Gasteiger partial charge on any atom is -0.394 e. The topological polar surface area (TPSA) is 542 Å². The first-order valence-corrected chi connectivity index (χ1v) is 25.1. The van der Waals surface area contributed by atoms with Gasteiger partial charge in [0.15, 0.2) is 37.7 Å². The number of nitrogens with one attached hydrogen (secondary N) is 4. The maximum absolute atomic E-state index is 13.1. The average Bonchev–Trinajstić information content (AvgIpc) is 3.50. The van der Waals surface area contributed by atoms with Gasteiger partial charge in [-0.05, 0) is 0 Å². The third-order valence-corrected chi connectivity index (χ3v) is 14.0. The summed E-state index contributed by atoms with van der Waals surface area (Å²) in [6, 6.07) is -6.18. The first-order valence-electron chi connectivity index (χ1n) is 25.1. The minimum absolute atomic E-state index is 0.700. The zero-order valence-corrected chi connectivity index (χ0v) is 42.8. The molecule has 0 unspecified atom stereocenters. The summed E-state index contributed by atoms with van der Waals surface area (Å²) in [6.07, 6.45) is -50.3. The van der Waals surface area contributed by atoms with Crippen LogP contribution < -0.4 is 21.3 Å². The number of hydrogen-bond donors (Lipinski definition) is 20. The molecule has 6 heterocycles. The van der Waals surface area contributed by atoms with Crippen LogP contribution in [-0.4, -0.2) is 329 Å². The van der Waals surface area contributed by atoms with Crippen molar-refractivity contribution in [2.75, 3.05) is 39.6 Å². The number of carbonyl (C=O) groups excluding carboxylic acids is 4. The second-order valence-electron chi connectivity index (χ2n) is 19.7. The first kappa shape index (κ1) is 65.0. The molecule has 0 aromatic heterocycles. The fourth-order valence-electron chi connectivity index (χ4n) is 10.1. The van der Waals surface area contributed by atoms with Crippen molar-refractivity contribution in [2.45, 2.75) is 212 Å². The lowest BCUT2D eigenvalue weighted by Crippen LogP contribution is -2.74. The maximum Gasteiger partial charge on any atom is 0.217 e. The van der Waals surface area contributed by atoms with Crippen molar-refractivity contribution in [1.29, 1.82) is 0 Å². The molecule has 6 fully saturated rings. The third kappa shape index (κ3) is 14.8. The van der Waals surface area contributed by atoms with E-state index in [1.165, 1.54) is 0 Å². The summed E-state index contributed by atoms with van der Waals surface area (Å²) < 4.78 is 64.5. The molecule has 4 amide bonds. The highest BCUT2D eigenvalue weighted by atomic mass is 16.8. The number of hydrogen-bond acceptors (Lipinski definition) is 31. The van der Waals surface area contributed by atoms with Gasteiger partial charge in [-0.1, -0.05) is 0 Å². The SMILES string of the molecule is CC(=O)N[C@@H]1[C@@H](NC(C)=O)[C@H](O)O[C@H](CO)[C@H]1O[C@@H]1O[C@H](CO)[C@@H](O[C@H]2O[C@H](CO[C@H]3O[C@H](CO)[C@@H](O)[C@H](O)[C@@H]3O)[C@@H](O)[C@H](O[C@H]3O[C@H](CO)[C@@H](O)[C@H](O)[C@@H]3O[C@H]3O[C@H](CO)[C@@H](O)[C@H](O)[C@@H]3O)[C@@H]2O)[C@H](NC(C)=O)[C@H]1NC(C)=O. The van der Waals surface area contributed by atoms with Crippen LogP contribution in [0.4, 0.5) is 0 Å². The summed E-state index contributed by atoms with van der Waals surface area (Å²) in [5.41, 5.74) is 0. The molecule has 35 nitrogen and oxygen atoms in total. The smallest absolute Gasteiger partial charge is 0.217 e. The summed E-state index contributed by atoms with van der Waals surface area (Å²) in [5.74, 6) is -3.07. The molecule has 35 heteroatoms. The zero-order chi connectivity index (χ0) is 58.5. The molecule has 6 rings (SSSR count). The van der Waals surface area contributed by atoms with Gasteiger partial charge in [0, 0.05) is 27.7 Å². The van der Waals surface area contributed by atoms with E-state index >= 15 is 0 Å². The van der Waals surface area contributed by atoms with Gasteiger partial charge in [-0.3, -0.25) is 19.2 Å². The largest absolute Gasteiger partial charge is 0.394 e. The number of carbonyl (C=O) groups is 4. The normalized spacial score (nSPS) is 46.7.